The molecule has 5 heteroatoms. The Bertz CT molecular complexity index is 455. The Hall–Kier alpha value is -1.72. The molecule has 5 nitrogen and oxygen atoms in total. The van der Waals surface area contributed by atoms with E-state index >= 15 is 0 Å². The van der Waals surface area contributed by atoms with Crippen LogP contribution in [0.5, 0.6) is 0 Å². The summed E-state index contributed by atoms with van der Waals surface area (Å²) in [5.74, 6) is 0.893. The summed E-state index contributed by atoms with van der Waals surface area (Å²) in [4.78, 5) is 9.58. The summed E-state index contributed by atoms with van der Waals surface area (Å²) in [6.45, 7) is 4.11. The van der Waals surface area contributed by atoms with Gasteiger partial charge in [-0.05, 0) is 12.0 Å². The summed E-state index contributed by atoms with van der Waals surface area (Å²) in [7, 11) is 0. The van der Waals surface area contributed by atoms with Crippen molar-refractivity contribution in [2.75, 3.05) is 0 Å². The highest BCUT2D eigenvalue weighted by atomic mass is 16.6. The first-order valence-corrected chi connectivity index (χ1v) is 6.15. The third kappa shape index (κ3) is 3.65. The van der Waals surface area contributed by atoms with E-state index in [9.17, 15) is 0 Å². The fourth-order valence-corrected chi connectivity index (χ4v) is 1.65. The molecule has 0 unspecified atom stereocenters. The average Bonchev–Trinajstić information content (AvgIpc) is 2.84. The van der Waals surface area contributed by atoms with Crippen LogP contribution >= 0.6 is 0 Å². The topological polar surface area (TPSA) is 52.0 Å². The SMILES string of the molecule is CCCn1ncnc1CNOCc1ccccc1. The van der Waals surface area contributed by atoms with Crippen LogP contribution in [-0.4, -0.2) is 14.8 Å². The number of hydroxylamine groups is 1. The monoisotopic (exact) mass is 246 g/mol. The highest BCUT2D eigenvalue weighted by Gasteiger charge is 2.02. The number of rotatable bonds is 7. The lowest BCUT2D eigenvalue weighted by atomic mass is 10.2. The molecular weight excluding hydrogens is 228 g/mol. The van der Waals surface area contributed by atoms with Crippen LogP contribution in [0.4, 0.5) is 0 Å². The number of nitrogens with one attached hydrogen (secondary N) is 1. The fraction of sp³-hybridized carbons (Fsp3) is 0.385. The predicted octanol–water partition coefficient (Wildman–Crippen LogP) is 1.91. The molecule has 0 saturated carbocycles. The number of hydrogen-bond donors (Lipinski definition) is 1. The number of aryl methyl sites for hydroxylation is 1. The maximum absolute atomic E-state index is 5.40. The first-order valence-electron chi connectivity index (χ1n) is 6.15. The van der Waals surface area contributed by atoms with Crippen molar-refractivity contribution in [1.29, 1.82) is 0 Å². The Morgan fingerprint density at radius 3 is 2.89 bits per heavy atom. The summed E-state index contributed by atoms with van der Waals surface area (Å²) in [6, 6.07) is 10.0. The Labute approximate surface area is 107 Å². The van der Waals surface area contributed by atoms with Crippen LogP contribution in [0.25, 0.3) is 0 Å². The number of nitrogens with zero attached hydrogens (tertiary/aromatic N) is 3. The van der Waals surface area contributed by atoms with Crippen LogP contribution in [0.3, 0.4) is 0 Å². The van der Waals surface area contributed by atoms with Gasteiger partial charge in [0, 0.05) is 6.54 Å². The third-order valence-electron chi connectivity index (χ3n) is 2.55. The lowest BCUT2D eigenvalue weighted by Crippen LogP contribution is -2.18. The minimum absolute atomic E-state index is 0.544. The first-order chi connectivity index (χ1) is 8.90. The van der Waals surface area contributed by atoms with Gasteiger partial charge in [0.2, 0.25) is 0 Å². The number of benzene rings is 1. The van der Waals surface area contributed by atoms with Gasteiger partial charge < -0.3 is 0 Å². The van der Waals surface area contributed by atoms with Gasteiger partial charge in [-0.15, -0.1) is 0 Å². The number of hydrogen-bond acceptors (Lipinski definition) is 4. The van der Waals surface area contributed by atoms with Crippen molar-refractivity contribution in [1.82, 2.24) is 20.2 Å². The lowest BCUT2D eigenvalue weighted by Gasteiger charge is -2.07. The van der Waals surface area contributed by atoms with Crippen LogP contribution in [0.1, 0.15) is 24.7 Å². The minimum atomic E-state index is 0.544. The zero-order chi connectivity index (χ0) is 12.6. The van der Waals surface area contributed by atoms with E-state index in [1.54, 1.807) is 6.33 Å². The summed E-state index contributed by atoms with van der Waals surface area (Å²) >= 11 is 0. The van der Waals surface area contributed by atoms with E-state index in [4.69, 9.17) is 4.84 Å². The highest BCUT2D eigenvalue weighted by Crippen LogP contribution is 2.00. The van der Waals surface area contributed by atoms with Crippen molar-refractivity contribution in [3.8, 4) is 0 Å². The van der Waals surface area contributed by atoms with E-state index in [0.29, 0.717) is 13.2 Å². The standard InChI is InChI=1S/C13H18N4O/c1-2-8-17-13(14-11-15-17)9-16-18-10-12-6-4-3-5-7-12/h3-7,11,16H,2,8-10H2,1H3. The molecule has 1 N–H and O–H groups in total. The van der Waals surface area contributed by atoms with Gasteiger partial charge in [0.15, 0.2) is 0 Å². The quantitative estimate of drug-likeness (QED) is 0.599. The van der Waals surface area contributed by atoms with Crippen molar-refractivity contribution in [3.05, 3.63) is 48.0 Å². The second kappa shape index (κ2) is 6.88. The molecule has 1 aromatic carbocycles. The van der Waals surface area contributed by atoms with E-state index in [-0.39, 0.29) is 0 Å². The molecule has 0 bridgehead atoms. The maximum Gasteiger partial charge on any atom is 0.143 e. The Balaban J connectivity index is 1.73. The smallest absolute Gasteiger partial charge is 0.143 e. The molecular formula is C13H18N4O. The second-order valence-corrected chi connectivity index (χ2v) is 3.99. The molecule has 1 aromatic heterocycles. The summed E-state index contributed by atoms with van der Waals surface area (Å²) in [5.41, 5.74) is 4.05. The molecule has 96 valence electrons. The van der Waals surface area contributed by atoms with E-state index < -0.39 is 0 Å². The zero-order valence-electron chi connectivity index (χ0n) is 10.5. The van der Waals surface area contributed by atoms with E-state index in [0.717, 1.165) is 24.4 Å². The lowest BCUT2D eigenvalue weighted by molar-refractivity contribution is 0.0214. The van der Waals surface area contributed by atoms with Gasteiger partial charge in [0.25, 0.3) is 0 Å². The van der Waals surface area contributed by atoms with Gasteiger partial charge in [0.05, 0.1) is 13.2 Å². The molecule has 0 radical (unpaired) electrons. The molecule has 1 heterocycles. The molecule has 0 saturated heterocycles. The summed E-state index contributed by atoms with van der Waals surface area (Å²) in [6.07, 6.45) is 2.62. The van der Waals surface area contributed by atoms with Crippen molar-refractivity contribution in [3.63, 3.8) is 0 Å². The van der Waals surface area contributed by atoms with Crippen LogP contribution in [0.2, 0.25) is 0 Å². The second-order valence-electron chi connectivity index (χ2n) is 3.99. The van der Waals surface area contributed by atoms with Crippen LogP contribution < -0.4 is 5.48 Å². The van der Waals surface area contributed by atoms with E-state index in [2.05, 4.69) is 22.5 Å². The average molecular weight is 246 g/mol. The summed E-state index contributed by atoms with van der Waals surface area (Å²) < 4.78 is 1.89. The van der Waals surface area contributed by atoms with E-state index in [1.807, 2.05) is 35.0 Å². The van der Waals surface area contributed by atoms with Crippen LogP contribution in [0.15, 0.2) is 36.7 Å². The zero-order valence-corrected chi connectivity index (χ0v) is 10.5. The predicted molar refractivity (Wildman–Crippen MR) is 68.4 cm³/mol. The molecule has 0 aliphatic carbocycles. The van der Waals surface area contributed by atoms with Gasteiger partial charge in [0.1, 0.15) is 12.2 Å². The molecule has 0 amide bonds. The molecule has 0 spiro atoms. The minimum Gasteiger partial charge on any atom is -0.297 e. The Morgan fingerprint density at radius 1 is 1.28 bits per heavy atom. The highest BCUT2D eigenvalue weighted by molar-refractivity contribution is 5.13. The maximum atomic E-state index is 5.40. The van der Waals surface area contributed by atoms with Gasteiger partial charge in [-0.1, -0.05) is 37.3 Å². The first kappa shape index (κ1) is 12.7. The Morgan fingerprint density at radius 2 is 2.11 bits per heavy atom. The molecule has 18 heavy (non-hydrogen) atoms. The van der Waals surface area contributed by atoms with Gasteiger partial charge in [-0.25, -0.2) is 9.67 Å². The van der Waals surface area contributed by atoms with Crippen molar-refractivity contribution < 1.29 is 4.84 Å². The van der Waals surface area contributed by atoms with Crippen molar-refractivity contribution >= 4 is 0 Å². The Kier molecular flexibility index (Phi) is 4.87. The van der Waals surface area contributed by atoms with Gasteiger partial charge in [-0.3, -0.25) is 4.84 Å². The summed E-state index contributed by atoms with van der Waals surface area (Å²) in [5, 5.41) is 4.15. The van der Waals surface area contributed by atoms with Crippen molar-refractivity contribution in [2.45, 2.75) is 33.0 Å². The van der Waals surface area contributed by atoms with Gasteiger partial charge >= 0.3 is 0 Å². The largest absolute Gasteiger partial charge is 0.297 e. The third-order valence-corrected chi connectivity index (χ3v) is 2.55. The molecule has 2 rings (SSSR count). The fourth-order valence-electron chi connectivity index (χ4n) is 1.65. The molecule has 0 aliphatic rings. The van der Waals surface area contributed by atoms with Gasteiger partial charge in [-0.2, -0.15) is 10.6 Å². The van der Waals surface area contributed by atoms with Crippen LogP contribution in [0, 0.1) is 0 Å². The van der Waals surface area contributed by atoms with E-state index in [1.165, 1.54) is 0 Å². The molecule has 0 aliphatic heterocycles. The normalized spacial score (nSPS) is 10.7. The number of aromatic nitrogens is 3. The molecule has 0 atom stereocenters. The molecule has 0 fully saturated rings. The van der Waals surface area contributed by atoms with Crippen LogP contribution in [-0.2, 0) is 24.5 Å². The van der Waals surface area contributed by atoms with Crippen molar-refractivity contribution in [2.24, 2.45) is 0 Å². The molecule has 2 aromatic rings.